The summed E-state index contributed by atoms with van der Waals surface area (Å²) in [7, 11) is 0. The van der Waals surface area contributed by atoms with Gasteiger partial charge in [0.2, 0.25) is 11.1 Å². The van der Waals surface area contributed by atoms with Crippen LogP contribution in [0.5, 0.6) is 0 Å². The summed E-state index contributed by atoms with van der Waals surface area (Å²) in [6.07, 6.45) is 2.69. The Labute approximate surface area is 66.3 Å². The molecule has 1 N–H and O–H groups in total. The Bertz CT molecular complexity index is 516. The molecule has 0 amide bonds. The molecule has 0 fully saturated rings. The van der Waals surface area contributed by atoms with Gasteiger partial charge in [0.1, 0.15) is 6.33 Å². The van der Waals surface area contributed by atoms with Crippen LogP contribution in [-0.2, 0) is 0 Å². The van der Waals surface area contributed by atoms with Crippen LogP contribution in [0.1, 0.15) is 0 Å². The van der Waals surface area contributed by atoms with Crippen molar-refractivity contribution in [3.05, 3.63) is 34.2 Å². The molecule has 2 rings (SSSR count). The molecule has 6 heteroatoms. The lowest BCUT2D eigenvalue weighted by atomic mass is 10.4. The maximum atomic E-state index is 11.3. The summed E-state index contributed by atoms with van der Waals surface area (Å²) in [4.78, 5) is 14.3. The molecule has 2 aromatic heterocycles. The Morgan fingerprint density at radius 3 is 3.25 bits per heavy atom. The maximum Gasteiger partial charge on any atom is 0.254 e. The Balaban J connectivity index is 3.00. The first-order chi connectivity index (χ1) is 5.83. The first-order valence-corrected chi connectivity index (χ1v) is 3.12. The van der Waals surface area contributed by atoms with Crippen LogP contribution in [-0.4, -0.2) is 19.8 Å². The highest BCUT2D eigenvalue weighted by Gasteiger charge is 2.04. The summed E-state index contributed by atoms with van der Waals surface area (Å²) in [6, 6.07) is 0. The predicted octanol–water partition coefficient (Wildman–Crippen LogP) is -0.0316. The fourth-order valence-electron chi connectivity index (χ4n) is 0.878. The molecular formula is C6H3N5O. The van der Waals surface area contributed by atoms with Crippen LogP contribution >= 0.6 is 0 Å². The highest BCUT2D eigenvalue weighted by Crippen LogP contribution is 2.01. The van der Waals surface area contributed by atoms with Gasteiger partial charge in [-0.1, -0.05) is 0 Å². The minimum absolute atomic E-state index is 0.0236. The number of fused-ring (bicyclic) bond motifs is 1. The highest BCUT2D eigenvalue weighted by atomic mass is 16.1. The summed E-state index contributed by atoms with van der Waals surface area (Å²) in [5, 5.41) is 9.74. The van der Waals surface area contributed by atoms with Crippen LogP contribution in [0, 0.1) is 6.57 Å². The van der Waals surface area contributed by atoms with Crippen molar-refractivity contribution >= 4 is 11.3 Å². The van der Waals surface area contributed by atoms with Gasteiger partial charge >= 0.3 is 0 Å². The van der Waals surface area contributed by atoms with Gasteiger partial charge in [-0.05, 0) is 0 Å². The molecule has 0 unspecified atom stereocenters. The van der Waals surface area contributed by atoms with E-state index in [4.69, 9.17) is 6.57 Å². The van der Waals surface area contributed by atoms with E-state index in [0.717, 1.165) is 0 Å². The zero-order valence-electron chi connectivity index (χ0n) is 5.85. The van der Waals surface area contributed by atoms with Crippen LogP contribution in [0.15, 0.2) is 17.3 Å². The van der Waals surface area contributed by atoms with Gasteiger partial charge in [-0.15, -0.1) is 10.2 Å². The zero-order chi connectivity index (χ0) is 8.55. The fraction of sp³-hybridized carbons (Fsp3) is 0. The van der Waals surface area contributed by atoms with Gasteiger partial charge in [-0.3, -0.25) is 4.79 Å². The minimum Gasteiger partial charge on any atom is -0.309 e. The predicted molar refractivity (Wildman–Crippen MR) is 39.9 cm³/mol. The van der Waals surface area contributed by atoms with E-state index in [9.17, 15) is 4.79 Å². The average molecular weight is 161 g/mol. The molecule has 0 aliphatic carbocycles. The van der Waals surface area contributed by atoms with Gasteiger partial charge < -0.3 is 5.10 Å². The molecule has 6 nitrogen and oxygen atoms in total. The van der Waals surface area contributed by atoms with Crippen molar-refractivity contribution in [1.29, 1.82) is 0 Å². The molecular weight excluding hydrogens is 158 g/mol. The number of hydrogen-bond acceptors (Lipinski definition) is 3. The maximum absolute atomic E-state index is 11.3. The molecule has 0 aliphatic heterocycles. The third kappa shape index (κ3) is 0.703. The molecule has 0 aliphatic rings. The van der Waals surface area contributed by atoms with Crippen LogP contribution in [0.3, 0.4) is 0 Å². The van der Waals surface area contributed by atoms with Crippen molar-refractivity contribution in [3.8, 4) is 0 Å². The molecule has 0 spiro atoms. The largest absolute Gasteiger partial charge is 0.309 e. The lowest BCUT2D eigenvalue weighted by Gasteiger charge is -1.90. The standard InChI is InChI=1S/C6H3N5O/c1-7-4-2-9-11-3-8-10-6(11)5(4)12/h2-3,9H. The second-order valence-electron chi connectivity index (χ2n) is 2.12. The van der Waals surface area contributed by atoms with Gasteiger partial charge in [0.15, 0.2) is 0 Å². The second-order valence-corrected chi connectivity index (χ2v) is 2.12. The van der Waals surface area contributed by atoms with Crippen molar-refractivity contribution in [2.45, 2.75) is 0 Å². The zero-order valence-corrected chi connectivity index (χ0v) is 5.85. The molecule has 12 heavy (non-hydrogen) atoms. The molecule has 2 heterocycles. The summed E-state index contributed by atoms with van der Waals surface area (Å²) in [5.74, 6) is 0. The number of hydrogen-bond donors (Lipinski definition) is 1. The van der Waals surface area contributed by atoms with E-state index in [2.05, 4.69) is 20.1 Å². The lowest BCUT2D eigenvalue weighted by molar-refractivity contribution is 0.924. The van der Waals surface area contributed by atoms with Crippen molar-refractivity contribution in [2.75, 3.05) is 0 Å². The number of rotatable bonds is 0. The molecule has 0 atom stereocenters. The Hall–Kier alpha value is -2.16. The summed E-state index contributed by atoms with van der Waals surface area (Å²) in [5.41, 5.74) is -0.236. The lowest BCUT2D eigenvalue weighted by Crippen LogP contribution is -2.06. The van der Waals surface area contributed by atoms with E-state index in [1.807, 2.05) is 0 Å². The molecule has 0 saturated carbocycles. The highest BCUT2D eigenvalue weighted by molar-refractivity contribution is 5.51. The second kappa shape index (κ2) is 2.17. The molecule has 0 bridgehead atoms. The normalized spacial score (nSPS) is 9.92. The van der Waals surface area contributed by atoms with Crippen molar-refractivity contribution < 1.29 is 0 Å². The van der Waals surface area contributed by atoms with Gasteiger partial charge in [0.25, 0.3) is 5.69 Å². The van der Waals surface area contributed by atoms with Crippen LogP contribution in [0.4, 0.5) is 5.69 Å². The van der Waals surface area contributed by atoms with Crippen LogP contribution < -0.4 is 5.43 Å². The molecule has 0 saturated heterocycles. The quantitative estimate of drug-likeness (QED) is 0.551. The van der Waals surface area contributed by atoms with Gasteiger partial charge in [-0.2, -0.15) is 0 Å². The van der Waals surface area contributed by atoms with E-state index < -0.39 is 5.43 Å². The van der Waals surface area contributed by atoms with E-state index in [-0.39, 0.29) is 11.3 Å². The molecule has 0 aromatic carbocycles. The Kier molecular flexibility index (Phi) is 1.18. The smallest absolute Gasteiger partial charge is 0.254 e. The Morgan fingerprint density at radius 1 is 1.67 bits per heavy atom. The topological polar surface area (TPSA) is 67.4 Å². The number of nitrogens with one attached hydrogen (secondary N) is 1. The van der Waals surface area contributed by atoms with Crippen LogP contribution in [0.2, 0.25) is 0 Å². The molecule has 0 radical (unpaired) electrons. The van der Waals surface area contributed by atoms with E-state index >= 15 is 0 Å². The van der Waals surface area contributed by atoms with Crippen molar-refractivity contribution in [3.63, 3.8) is 0 Å². The monoisotopic (exact) mass is 161 g/mol. The van der Waals surface area contributed by atoms with E-state index in [0.29, 0.717) is 0 Å². The molecule has 58 valence electrons. The minimum atomic E-state index is -0.402. The van der Waals surface area contributed by atoms with E-state index in [1.165, 1.54) is 17.0 Å². The van der Waals surface area contributed by atoms with E-state index in [1.54, 1.807) is 0 Å². The summed E-state index contributed by atoms with van der Waals surface area (Å²) in [6.45, 7) is 6.66. The van der Waals surface area contributed by atoms with Crippen LogP contribution in [0.25, 0.3) is 10.5 Å². The Morgan fingerprint density at radius 2 is 2.50 bits per heavy atom. The summed E-state index contributed by atoms with van der Waals surface area (Å²) >= 11 is 0. The van der Waals surface area contributed by atoms with Gasteiger partial charge in [0.05, 0.1) is 6.57 Å². The van der Waals surface area contributed by atoms with Crippen molar-refractivity contribution in [1.82, 2.24) is 19.8 Å². The third-order valence-electron chi connectivity index (χ3n) is 1.44. The number of H-pyrrole nitrogens is 1. The van der Waals surface area contributed by atoms with Gasteiger partial charge in [0, 0.05) is 6.20 Å². The fourth-order valence-corrected chi connectivity index (χ4v) is 0.878. The summed E-state index contributed by atoms with van der Waals surface area (Å²) < 4.78 is 1.36. The van der Waals surface area contributed by atoms with Crippen molar-refractivity contribution in [2.24, 2.45) is 0 Å². The number of aromatic nitrogens is 4. The molecule has 2 aromatic rings. The SMILES string of the molecule is [C-]#[N+]c1c[nH]n2cnnc2c1=O. The first-order valence-electron chi connectivity index (χ1n) is 3.12. The third-order valence-corrected chi connectivity index (χ3v) is 1.44. The van der Waals surface area contributed by atoms with Gasteiger partial charge in [-0.25, -0.2) is 9.36 Å². The number of nitrogens with zero attached hydrogens (tertiary/aromatic N) is 4. The first kappa shape index (κ1) is 6.54. The number of aromatic amines is 1. The average Bonchev–Trinajstić information content (AvgIpc) is 2.53.